The first-order chi connectivity index (χ1) is 10.7. The molecule has 1 amide bonds. The van der Waals surface area contributed by atoms with Crippen molar-refractivity contribution in [3.63, 3.8) is 0 Å². The molecule has 4 rings (SSSR count). The van der Waals surface area contributed by atoms with Crippen molar-refractivity contribution in [2.75, 3.05) is 4.90 Å². The number of amides is 1. The first-order valence-corrected chi connectivity index (χ1v) is 8.26. The lowest BCUT2D eigenvalue weighted by Gasteiger charge is -2.09. The van der Waals surface area contributed by atoms with E-state index in [0.29, 0.717) is 10.0 Å². The molecular formula is C15H10N4OS2. The van der Waals surface area contributed by atoms with Crippen molar-refractivity contribution in [2.45, 2.75) is 6.92 Å². The zero-order valence-corrected chi connectivity index (χ0v) is 13.2. The fourth-order valence-electron chi connectivity index (χ4n) is 2.54. The van der Waals surface area contributed by atoms with Crippen LogP contribution in [-0.4, -0.2) is 21.8 Å². The molecule has 7 heteroatoms. The van der Waals surface area contributed by atoms with Crippen LogP contribution < -0.4 is 4.90 Å². The zero-order valence-electron chi connectivity index (χ0n) is 11.5. The van der Waals surface area contributed by atoms with E-state index in [2.05, 4.69) is 9.98 Å². The molecule has 2 aliphatic rings. The molecule has 108 valence electrons. The highest BCUT2D eigenvalue weighted by Crippen LogP contribution is 2.44. The number of carbonyl (C=O) groups is 1. The monoisotopic (exact) mass is 326 g/mol. The van der Waals surface area contributed by atoms with Gasteiger partial charge in [0.25, 0.3) is 5.91 Å². The van der Waals surface area contributed by atoms with E-state index in [-0.39, 0.29) is 11.1 Å². The average molecular weight is 326 g/mol. The van der Waals surface area contributed by atoms with E-state index in [1.165, 1.54) is 28.0 Å². The first kappa shape index (κ1) is 13.4. The summed E-state index contributed by atoms with van der Waals surface area (Å²) in [6, 6.07) is 7.75. The Bertz CT molecular complexity index is 867. The fraction of sp³-hybridized carbons (Fsp3) is 0.0667. The molecule has 0 aliphatic carbocycles. The minimum atomic E-state index is -0.203. The SMILES string of the molecule is CC1=Nc2ccccc2/C1=C1\SC(=N)N(c2nccs2)C1=O. The number of thiazole rings is 1. The summed E-state index contributed by atoms with van der Waals surface area (Å²) in [6.07, 6.45) is 1.63. The number of carbonyl (C=O) groups excluding carboxylic acids is 1. The number of anilines is 1. The van der Waals surface area contributed by atoms with E-state index in [1.807, 2.05) is 31.2 Å². The Hall–Kier alpha value is -2.25. The second-order valence-electron chi connectivity index (χ2n) is 4.78. The predicted octanol–water partition coefficient (Wildman–Crippen LogP) is 3.67. The Kier molecular flexibility index (Phi) is 2.98. The van der Waals surface area contributed by atoms with Crippen molar-refractivity contribution >= 4 is 56.3 Å². The summed E-state index contributed by atoms with van der Waals surface area (Å²) in [6.45, 7) is 1.89. The molecule has 2 aromatic rings. The number of para-hydroxylation sites is 1. The molecule has 2 aliphatic heterocycles. The number of aliphatic imine (C=N–C) groups is 1. The van der Waals surface area contributed by atoms with Gasteiger partial charge in [-0.05, 0) is 24.8 Å². The molecule has 0 unspecified atom stereocenters. The van der Waals surface area contributed by atoms with Gasteiger partial charge < -0.3 is 0 Å². The summed E-state index contributed by atoms with van der Waals surface area (Å²) in [4.78, 5) is 23.3. The third-order valence-corrected chi connectivity index (χ3v) is 5.18. The van der Waals surface area contributed by atoms with Crippen molar-refractivity contribution < 1.29 is 4.79 Å². The quantitative estimate of drug-likeness (QED) is 0.813. The van der Waals surface area contributed by atoms with Gasteiger partial charge >= 0.3 is 0 Å². The number of amidine groups is 1. The minimum Gasteiger partial charge on any atom is -0.278 e. The van der Waals surface area contributed by atoms with Gasteiger partial charge in [0, 0.05) is 28.4 Å². The molecule has 22 heavy (non-hydrogen) atoms. The van der Waals surface area contributed by atoms with E-state index in [1.54, 1.807) is 11.6 Å². The Morgan fingerprint density at radius 1 is 1.27 bits per heavy atom. The topological polar surface area (TPSA) is 69.4 Å². The lowest BCUT2D eigenvalue weighted by Crippen LogP contribution is -2.28. The van der Waals surface area contributed by atoms with E-state index >= 15 is 0 Å². The number of hydrogen-bond acceptors (Lipinski definition) is 6. The molecule has 0 bridgehead atoms. The van der Waals surface area contributed by atoms with Gasteiger partial charge in [-0.2, -0.15) is 0 Å². The Morgan fingerprint density at radius 3 is 2.86 bits per heavy atom. The summed E-state index contributed by atoms with van der Waals surface area (Å²) in [7, 11) is 0. The predicted molar refractivity (Wildman–Crippen MR) is 91.0 cm³/mol. The molecule has 1 aromatic carbocycles. The van der Waals surface area contributed by atoms with Gasteiger partial charge in [0.2, 0.25) is 0 Å². The van der Waals surface area contributed by atoms with Gasteiger partial charge in [-0.25, -0.2) is 9.88 Å². The molecule has 1 aromatic heterocycles. The van der Waals surface area contributed by atoms with Crippen molar-refractivity contribution in [3.8, 4) is 0 Å². The van der Waals surface area contributed by atoms with Crippen LogP contribution >= 0.6 is 23.1 Å². The standard InChI is InChI=1S/C15H10N4OS2/c1-8-11(9-4-2-3-5-10(9)18-8)12-13(20)19(14(16)22-12)15-17-6-7-21-15/h2-7,16H,1H3/b12-11-,16-14?. The van der Waals surface area contributed by atoms with Crippen LogP contribution in [0.15, 0.2) is 45.7 Å². The highest BCUT2D eigenvalue weighted by Gasteiger charge is 2.39. The Balaban J connectivity index is 1.86. The first-order valence-electron chi connectivity index (χ1n) is 6.56. The van der Waals surface area contributed by atoms with Gasteiger partial charge in [0.15, 0.2) is 10.3 Å². The molecule has 0 saturated carbocycles. The van der Waals surface area contributed by atoms with Crippen LogP contribution in [0, 0.1) is 5.41 Å². The van der Waals surface area contributed by atoms with Gasteiger partial charge in [-0.3, -0.25) is 15.2 Å². The van der Waals surface area contributed by atoms with Crippen LogP contribution in [0.2, 0.25) is 0 Å². The Labute approximate surface area is 134 Å². The number of hydrogen-bond donors (Lipinski definition) is 1. The van der Waals surface area contributed by atoms with Gasteiger partial charge in [0.1, 0.15) is 0 Å². The summed E-state index contributed by atoms with van der Waals surface area (Å²) in [5.41, 5.74) is 3.46. The van der Waals surface area contributed by atoms with E-state index in [9.17, 15) is 4.79 Å². The highest BCUT2D eigenvalue weighted by molar-refractivity contribution is 8.19. The van der Waals surface area contributed by atoms with Gasteiger partial charge in [0.05, 0.1) is 10.6 Å². The second kappa shape index (κ2) is 4.89. The van der Waals surface area contributed by atoms with Gasteiger partial charge in [-0.1, -0.05) is 18.2 Å². The number of fused-ring (bicyclic) bond motifs is 1. The van der Waals surface area contributed by atoms with Crippen LogP contribution in [-0.2, 0) is 4.79 Å². The van der Waals surface area contributed by atoms with Crippen molar-refractivity contribution in [1.82, 2.24) is 4.98 Å². The number of nitrogens with one attached hydrogen (secondary N) is 1. The summed E-state index contributed by atoms with van der Waals surface area (Å²) in [5, 5.41) is 10.6. The third kappa shape index (κ3) is 1.86. The van der Waals surface area contributed by atoms with E-state index in [4.69, 9.17) is 5.41 Å². The average Bonchev–Trinajstić information content (AvgIpc) is 3.17. The summed E-state index contributed by atoms with van der Waals surface area (Å²) in [5.74, 6) is -0.203. The van der Waals surface area contributed by atoms with Crippen LogP contribution in [0.4, 0.5) is 10.8 Å². The van der Waals surface area contributed by atoms with Crippen molar-refractivity contribution in [3.05, 3.63) is 46.3 Å². The fourth-order valence-corrected chi connectivity index (χ4v) is 4.23. The minimum absolute atomic E-state index is 0.180. The molecule has 0 radical (unpaired) electrons. The smallest absolute Gasteiger partial charge is 0.273 e. The van der Waals surface area contributed by atoms with Crippen molar-refractivity contribution in [1.29, 1.82) is 5.41 Å². The summed E-state index contributed by atoms with van der Waals surface area (Å²) >= 11 is 2.52. The lowest BCUT2D eigenvalue weighted by atomic mass is 10.0. The number of aromatic nitrogens is 1. The number of thioether (sulfide) groups is 1. The van der Waals surface area contributed by atoms with E-state index < -0.39 is 0 Å². The van der Waals surface area contributed by atoms with E-state index in [0.717, 1.165) is 22.5 Å². The maximum absolute atomic E-state index is 12.8. The maximum atomic E-state index is 12.8. The normalized spacial score (nSPS) is 20.6. The zero-order chi connectivity index (χ0) is 15.3. The van der Waals surface area contributed by atoms with Crippen LogP contribution in [0.5, 0.6) is 0 Å². The largest absolute Gasteiger partial charge is 0.278 e. The van der Waals surface area contributed by atoms with Crippen LogP contribution in [0.3, 0.4) is 0 Å². The number of benzene rings is 1. The lowest BCUT2D eigenvalue weighted by molar-refractivity contribution is -0.113. The second-order valence-corrected chi connectivity index (χ2v) is 6.65. The molecular weight excluding hydrogens is 316 g/mol. The summed E-state index contributed by atoms with van der Waals surface area (Å²) < 4.78 is 0. The highest BCUT2D eigenvalue weighted by atomic mass is 32.2. The Morgan fingerprint density at radius 2 is 2.09 bits per heavy atom. The third-order valence-electron chi connectivity index (χ3n) is 3.46. The molecule has 0 atom stereocenters. The number of allylic oxidation sites excluding steroid dienone is 1. The van der Waals surface area contributed by atoms with Crippen LogP contribution in [0.25, 0.3) is 5.57 Å². The van der Waals surface area contributed by atoms with Crippen LogP contribution in [0.1, 0.15) is 12.5 Å². The molecule has 1 N–H and O–H groups in total. The van der Waals surface area contributed by atoms with Crippen molar-refractivity contribution in [2.24, 2.45) is 4.99 Å². The molecule has 1 fully saturated rings. The molecule has 1 saturated heterocycles. The van der Waals surface area contributed by atoms with Gasteiger partial charge in [-0.15, -0.1) is 11.3 Å². The number of nitrogens with zero attached hydrogens (tertiary/aromatic N) is 3. The molecule has 3 heterocycles. The molecule has 5 nitrogen and oxygen atoms in total. The maximum Gasteiger partial charge on any atom is 0.273 e. The number of rotatable bonds is 1. The molecule has 0 spiro atoms.